The van der Waals surface area contributed by atoms with Crippen molar-refractivity contribution in [3.05, 3.63) is 53.8 Å². The summed E-state index contributed by atoms with van der Waals surface area (Å²) >= 11 is 0. The fourth-order valence-corrected chi connectivity index (χ4v) is 5.72. The Kier molecular flexibility index (Phi) is 8.02. The van der Waals surface area contributed by atoms with Crippen LogP contribution in [-0.4, -0.2) is 71.2 Å². The average molecular weight is 492 g/mol. The molecule has 34 heavy (non-hydrogen) atoms. The van der Waals surface area contributed by atoms with E-state index in [-0.39, 0.29) is 29.4 Å². The zero-order valence-electron chi connectivity index (χ0n) is 19.0. The number of carbonyl (C=O) groups excluding carboxylic acids is 1. The van der Waals surface area contributed by atoms with E-state index in [9.17, 15) is 17.6 Å². The topological polar surface area (TPSA) is 88.2 Å². The normalized spacial score (nSPS) is 17.4. The summed E-state index contributed by atoms with van der Waals surface area (Å²) in [5.41, 5.74) is 0.944. The van der Waals surface area contributed by atoms with Crippen LogP contribution in [0.15, 0.2) is 47.4 Å². The summed E-state index contributed by atoms with van der Waals surface area (Å²) in [6.07, 6.45) is 2.69. The van der Waals surface area contributed by atoms with Crippen LogP contribution in [0.25, 0.3) is 0 Å². The molecule has 0 aliphatic carbocycles. The van der Waals surface area contributed by atoms with Gasteiger partial charge in [0.15, 0.2) is 11.6 Å². The molecule has 1 amide bonds. The highest BCUT2D eigenvalue weighted by molar-refractivity contribution is 7.89. The third-order valence-corrected chi connectivity index (χ3v) is 7.89. The average Bonchev–Trinajstić information content (AvgIpc) is 2.88. The summed E-state index contributed by atoms with van der Waals surface area (Å²) in [5.74, 6) is -0.770. The van der Waals surface area contributed by atoms with Crippen LogP contribution in [0.4, 0.5) is 10.1 Å². The van der Waals surface area contributed by atoms with Gasteiger partial charge in [-0.15, -0.1) is 0 Å². The maximum atomic E-state index is 13.7. The summed E-state index contributed by atoms with van der Waals surface area (Å²) in [6, 6.07) is 10.8. The highest BCUT2D eigenvalue weighted by Crippen LogP contribution is 2.28. The van der Waals surface area contributed by atoms with Crippen LogP contribution >= 0.6 is 0 Å². The van der Waals surface area contributed by atoms with Gasteiger partial charge in [0.05, 0.1) is 30.2 Å². The number of rotatable bonds is 8. The van der Waals surface area contributed by atoms with Crippen molar-refractivity contribution in [2.45, 2.75) is 24.2 Å². The summed E-state index contributed by atoms with van der Waals surface area (Å²) in [5, 5.41) is 2.77. The Labute approximate surface area is 199 Å². The summed E-state index contributed by atoms with van der Waals surface area (Å²) < 4.78 is 52.4. The van der Waals surface area contributed by atoms with Gasteiger partial charge < -0.3 is 19.7 Å². The molecule has 8 nitrogen and oxygen atoms in total. The van der Waals surface area contributed by atoms with E-state index in [2.05, 4.69) is 5.32 Å². The van der Waals surface area contributed by atoms with Gasteiger partial charge in [-0.25, -0.2) is 12.8 Å². The molecule has 0 bridgehead atoms. The fraction of sp³-hybridized carbons (Fsp3) is 0.458. The van der Waals surface area contributed by atoms with E-state index in [4.69, 9.17) is 9.47 Å². The van der Waals surface area contributed by atoms with E-state index in [1.807, 2.05) is 4.90 Å². The van der Waals surface area contributed by atoms with E-state index in [0.717, 1.165) is 19.3 Å². The number of carbonyl (C=O) groups is 1. The molecule has 10 heteroatoms. The van der Waals surface area contributed by atoms with Gasteiger partial charge in [0.1, 0.15) is 6.61 Å². The number of benzene rings is 2. The maximum Gasteiger partial charge on any atom is 0.253 e. The first kappa shape index (κ1) is 24.4. The van der Waals surface area contributed by atoms with Crippen LogP contribution in [0.3, 0.4) is 0 Å². The minimum Gasteiger partial charge on any atom is -0.489 e. The van der Waals surface area contributed by atoms with E-state index >= 15 is 0 Å². The van der Waals surface area contributed by atoms with Crippen molar-refractivity contribution in [3.63, 3.8) is 0 Å². The number of halogens is 1. The fourth-order valence-electron chi connectivity index (χ4n) is 4.17. The molecule has 0 atom stereocenters. The van der Waals surface area contributed by atoms with Crippen molar-refractivity contribution in [1.29, 1.82) is 0 Å². The van der Waals surface area contributed by atoms with Crippen LogP contribution in [0.5, 0.6) is 5.75 Å². The van der Waals surface area contributed by atoms with E-state index in [0.29, 0.717) is 45.1 Å². The Balaban J connectivity index is 1.51. The predicted molar refractivity (Wildman–Crippen MR) is 126 cm³/mol. The van der Waals surface area contributed by atoms with E-state index < -0.39 is 21.7 Å². The molecule has 2 aromatic carbocycles. The molecule has 2 fully saturated rings. The third-order valence-electron chi connectivity index (χ3n) is 6.00. The monoisotopic (exact) mass is 491 g/mol. The minimum absolute atomic E-state index is 0.0747. The highest BCUT2D eigenvalue weighted by Gasteiger charge is 2.28. The quantitative estimate of drug-likeness (QED) is 0.572. The number of nitrogens with zero attached hydrogens (tertiary/aromatic N) is 2. The molecule has 184 valence electrons. The summed E-state index contributed by atoms with van der Waals surface area (Å²) in [7, 11) is -3.69. The van der Waals surface area contributed by atoms with Crippen molar-refractivity contribution in [2.75, 3.05) is 57.4 Å². The molecule has 2 aromatic rings. The Morgan fingerprint density at radius 3 is 2.50 bits per heavy atom. The van der Waals surface area contributed by atoms with Gasteiger partial charge in [-0.1, -0.05) is 18.6 Å². The molecular weight excluding hydrogens is 461 g/mol. The lowest BCUT2D eigenvalue weighted by Gasteiger charge is -2.31. The Morgan fingerprint density at radius 1 is 1.03 bits per heavy atom. The maximum absolute atomic E-state index is 13.7. The van der Waals surface area contributed by atoms with Crippen molar-refractivity contribution in [2.24, 2.45) is 0 Å². The van der Waals surface area contributed by atoms with Crippen LogP contribution < -0.4 is 15.0 Å². The van der Waals surface area contributed by atoms with Crippen LogP contribution in [0, 0.1) is 5.82 Å². The first-order chi connectivity index (χ1) is 16.5. The molecule has 0 aromatic heterocycles. The van der Waals surface area contributed by atoms with Gasteiger partial charge in [-0.2, -0.15) is 4.31 Å². The zero-order chi connectivity index (χ0) is 24.0. The van der Waals surface area contributed by atoms with Crippen molar-refractivity contribution >= 4 is 21.6 Å². The lowest BCUT2D eigenvalue weighted by molar-refractivity contribution is 0.0945. The molecule has 0 radical (unpaired) electrons. The third kappa shape index (κ3) is 5.68. The number of piperidine rings is 1. The molecule has 2 aliphatic heterocycles. The van der Waals surface area contributed by atoms with Crippen molar-refractivity contribution in [1.82, 2.24) is 9.62 Å². The van der Waals surface area contributed by atoms with E-state index in [1.165, 1.54) is 22.5 Å². The first-order valence-electron chi connectivity index (χ1n) is 11.6. The zero-order valence-corrected chi connectivity index (χ0v) is 19.9. The smallest absolute Gasteiger partial charge is 0.253 e. The summed E-state index contributed by atoms with van der Waals surface area (Å²) in [6.45, 7) is 3.47. The molecule has 2 heterocycles. The largest absolute Gasteiger partial charge is 0.489 e. The molecule has 4 rings (SSSR count). The van der Waals surface area contributed by atoms with Crippen molar-refractivity contribution < 1.29 is 27.1 Å². The Bertz CT molecular complexity index is 1100. The van der Waals surface area contributed by atoms with Gasteiger partial charge in [-0.05, 0) is 43.2 Å². The number of hydrogen-bond donors (Lipinski definition) is 1. The number of amides is 1. The first-order valence-corrected chi connectivity index (χ1v) is 13.0. The number of para-hydroxylation sites is 1. The van der Waals surface area contributed by atoms with Crippen LogP contribution in [0.2, 0.25) is 0 Å². The number of nitrogens with one attached hydrogen (secondary N) is 1. The molecular formula is C24H30FN3O5S. The molecule has 0 saturated carbocycles. The number of hydrogen-bond acceptors (Lipinski definition) is 6. The number of ether oxygens (including phenoxy) is 2. The van der Waals surface area contributed by atoms with Crippen LogP contribution in [0.1, 0.15) is 29.6 Å². The summed E-state index contributed by atoms with van der Waals surface area (Å²) in [4.78, 5) is 15.3. The second kappa shape index (κ2) is 11.2. The second-order valence-corrected chi connectivity index (χ2v) is 10.2. The number of anilines is 1. The number of sulfonamides is 1. The number of morpholine rings is 1. The predicted octanol–water partition coefficient (Wildman–Crippen LogP) is 2.65. The molecule has 2 aliphatic rings. The molecule has 0 spiro atoms. The minimum atomic E-state index is -3.69. The van der Waals surface area contributed by atoms with Gasteiger partial charge in [0.2, 0.25) is 10.0 Å². The standard InChI is InChI=1S/C24H30FN3O5S/c25-21-6-2-3-7-23(21)33-15-10-26-24(29)20-18-19(34(30,31)28-11-4-1-5-12-28)8-9-22(20)27-13-16-32-17-14-27/h2-3,6-9,18H,1,4-5,10-17H2,(H,26,29). The van der Waals surface area contributed by atoms with Crippen molar-refractivity contribution in [3.8, 4) is 5.75 Å². The van der Waals surface area contributed by atoms with Gasteiger partial charge in [0, 0.05) is 31.9 Å². The lowest BCUT2D eigenvalue weighted by Crippen LogP contribution is -2.39. The highest BCUT2D eigenvalue weighted by atomic mass is 32.2. The van der Waals surface area contributed by atoms with Gasteiger partial charge in [0.25, 0.3) is 5.91 Å². The van der Waals surface area contributed by atoms with E-state index in [1.54, 1.807) is 24.3 Å². The lowest BCUT2D eigenvalue weighted by atomic mass is 10.1. The Morgan fingerprint density at radius 2 is 1.76 bits per heavy atom. The Hall–Kier alpha value is -2.69. The van der Waals surface area contributed by atoms with Crippen LogP contribution in [-0.2, 0) is 14.8 Å². The molecule has 1 N–H and O–H groups in total. The molecule has 2 saturated heterocycles. The molecule has 0 unspecified atom stereocenters. The second-order valence-electron chi connectivity index (χ2n) is 8.28. The SMILES string of the molecule is O=C(NCCOc1ccccc1F)c1cc(S(=O)(=O)N2CCCCC2)ccc1N1CCOCC1. The van der Waals surface area contributed by atoms with Gasteiger partial charge in [-0.3, -0.25) is 4.79 Å². The van der Waals surface area contributed by atoms with Gasteiger partial charge >= 0.3 is 0 Å².